The Balaban J connectivity index is 1.36. The second-order valence-corrected chi connectivity index (χ2v) is 11.4. The van der Waals surface area contributed by atoms with Gasteiger partial charge in [0.25, 0.3) is 5.91 Å². The molecule has 0 spiro atoms. The van der Waals surface area contributed by atoms with Crippen molar-refractivity contribution >= 4 is 29.4 Å². The van der Waals surface area contributed by atoms with Crippen LogP contribution in [0.3, 0.4) is 0 Å². The van der Waals surface area contributed by atoms with E-state index in [1.54, 1.807) is 11.9 Å². The van der Waals surface area contributed by atoms with Gasteiger partial charge < -0.3 is 30.4 Å². The molecule has 0 bridgehead atoms. The predicted molar refractivity (Wildman–Crippen MR) is 161 cm³/mol. The Hall–Kier alpha value is -2.75. The molecule has 1 aliphatic rings. The average Bonchev–Trinajstić information content (AvgIpc) is 3.53. The van der Waals surface area contributed by atoms with E-state index in [9.17, 15) is 14.4 Å². The molecule has 2 aromatic rings. The molecular weight excluding hydrogens is 524 g/mol. The Morgan fingerprint density at radius 2 is 1.90 bits per heavy atom. The number of hydrogen-bond donors (Lipinski definition) is 3. The van der Waals surface area contributed by atoms with Crippen LogP contribution in [0.1, 0.15) is 91.6 Å². The lowest BCUT2D eigenvalue weighted by Gasteiger charge is -2.23. The summed E-state index contributed by atoms with van der Waals surface area (Å²) in [5.41, 5.74) is 2.77. The summed E-state index contributed by atoms with van der Waals surface area (Å²) in [5, 5.41) is 11.6. The molecule has 0 saturated carbocycles. The van der Waals surface area contributed by atoms with Gasteiger partial charge in [-0.15, -0.1) is 11.3 Å². The van der Waals surface area contributed by atoms with Crippen LogP contribution in [0.4, 0.5) is 0 Å². The second kappa shape index (κ2) is 17.1. The number of aldehydes is 1. The first-order valence-corrected chi connectivity index (χ1v) is 15.6. The van der Waals surface area contributed by atoms with Crippen LogP contribution in [0.15, 0.2) is 29.6 Å². The molecule has 9 heteroatoms. The summed E-state index contributed by atoms with van der Waals surface area (Å²) in [5.74, 6) is 0.483. The summed E-state index contributed by atoms with van der Waals surface area (Å²) in [7, 11) is 1.56. The van der Waals surface area contributed by atoms with Gasteiger partial charge in [0.1, 0.15) is 18.6 Å². The molecule has 1 aromatic carbocycles. The number of fused-ring (bicyclic) bond motifs is 1. The lowest BCUT2D eigenvalue weighted by molar-refractivity contribution is -0.121. The fourth-order valence-electron chi connectivity index (χ4n) is 5.00. The number of hydrogen-bond acceptors (Lipinski definition) is 7. The Bertz CT molecular complexity index is 1070. The fourth-order valence-corrected chi connectivity index (χ4v) is 5.95. The maximum Gasteiger partial charge on any atom is 0.255 e. The summed E-state index contributed by atoms with van der Waals surface area (Å²) in [4.78, 5) is 38.7. The monoisotopic (exact) mass is 570 g/mol. The number of carbonyl (C=O) groups is 3. The highest BCUT2D eigenvalue weighted by Gasteiger charge is 2.35. The smallest absolute Gasteiger partial charge is 0.255 e. The van der Waals surface area contributed by atoms with Crippen molar-refractivity contribution in [3.8, 4) is 5.75 Å². The van der Waals surface area contributed by atoms with E-state index in [2.05, 4.69) is 41.9 Å². The highest BCUT2D eigenvalue weighted by atomic mass is 32.1. The highest BCUT2D eigenvalue weighted by Crippen LogP contribution is 2.33. The van der Waals surface area contributed by atoms with Crippen LogP contribution in [0, 0.1) is 0 Å². The second-order valence-electron chi connectivity index (χ2n) is 10.4. The standard InChI is InChI=1S/C31H46N4O4S/c1-4-9-24(5-2)34-17-8-6-7-16-33-18-23-10-13-26(14-11-23)39-21-29-27-19-35(31(38)28(27)22-40-29)25(20-36)12-15-30(37)32-3/h10-11,13-14,20,22,24-25,33-34H,4-9,12,15-19,21H2,1-3H3,(H,32,37). The summed E-state index contributed by atoms with van der Waals surface area (Å²) in [6.45, 7) is 8.20. The van der Waals surface area contributed by atoms with Gasteiger partial charge >= 0.3 is 0 Å². The van der Waals surface area contributed by atoms with E-state index in [-0.39, 0.29) is 18.2 Å². The maximum absolute atomic E-state index is 12.9. The van der Waals surface area contributed by atoms with Gasteiger partial charge in [-0.1, -0.05) is 38.8 Å². The lowest BCUT2D eigenvalue weighted by Crippen LogP contribution is -2.37. The van der Waals surface area contributed by atoms with Crippen molar-refractivity contribution in [1.29, 1.82) is 0 Å². The molecule has 0 fully saturated rings. The summed E-state index contributed by atoms with van der Waals surface area (Å²) < 4.78 is 6.03. The fraction of sp³-hybridized carbons (Fsp3) is 0.581. The molecule has 1 aromatic heterocycles. The van der Waals surface area contributed by atoms with Gasteiger partial charge in [-0.2, -0.15) is 0 Å². The van der Waals surface area contributed by atoms with Gasteiger partial charge in [-0.3, -0.25) is 9.59 Å². The third-order valence-corrected chi connectivity index (χ3v) is 8.52. The minimum atomic E-state index is -0.613. The van der Waals surface area contributed by atoms with E-state index >= 15 is 0 Å². The number of benzene rings is 1. The van der Waals surface area contributed by atoms with E-state index in [0.717, 1.165) is 42.1 Å². The number of unbranched alkanes of at least 4 members (excludes halogenated alkanes) is 2. The van der Waals surface area contributed by atoms with Gasteiger partial charge in [-0.25, -0.2) is 0 Å². The zero-order valence-corrected chi connectivity index (χ0v) is 25.1. The first-order valence-electron chi connectivity index (χ1n) is 14.7. The summed E-state index contributed by atoms with van der Waals surface area (Å²) in [6, 6.07) is 8.18. The number of amides is 2. The molecule has 2 unspecified atom stereocenters. The van der Waals surface area contributed by atoms with Crippen LogP contribution in [0.5, 0.6) is 5.75 Å². The SMILES string of the molecule is CCCC(CC)NCCCCCNCc1ccc(OCc2scc3c2CN(C(C=O)CCC(=O)NC)C3=O)cc1. The molecule has 1 aliphatic heterocycles. The number of carbonyl (C=O) groups excluding carboxylic acids is 3. The van der Waals surface area contributed by atoms with Gasteiger partial charge in [0.2, 0.25) is 5.91 Å². The van der Waals surface area contributed by atoms with Gasteiger partial charge in [0, 0.05) is 48.4 Å². The molecule has 2 heterocycles. The summed E-state index contributed by atoms with van der Waals surface area (Å²) in [6.07, 6.45) is 8.63. The normalized spacial score (nSPS) is 14.2. The number of thiophene rings is 1. The number of nitrogens with zero attached hydrogens (tertiary/aromatic N) is 1. The van der Waals surface area contributed by atoms with Crippen LogP contribution in [0.25, 0.3) is 0 Å². The molecule has 3 rings (SSSR count). The Kier molecular flexibility index (Phi) is 13.6. The van der Waals surface area contributed by atoms with Gasteiger partial charge in [0.05, 0.1) is 11.6 Å². The van der Waals surface area contributed by atoms with Gasteiger partial charge in [0.15, 0.2) is 0 Å². The van der Waals surface area contributed by atoms with Crippen molar-refractivity contribution in [3.63, 3.8) is 0 Å². The minimum Gasteiger partial charge on any atom is -0.488 e. The third-order valence-electron chi connectivity index (χ3n) is 7.52. The van der Waals surface area contributed by atoms with E-state index < -0.39 is 6.04 Å². The van der Waals surface area contributed by atoms with E-state index in [4.69, 9.17) is 4.74 Å². The number of nitrogens with one attached hydrogen (secondary N) is 3. The molecule has 0 radical (unpaired) electrons. The van der Waals surface area contributed by atoms with Crippen molar-refractivity contribution in [2.75, 3.05) is 20.1 Å². The largest absolute Gasteiger partial charge is 0.488 e. The maximum atomic E-state index is 12.9. The molecular formula is C31H46N4O4S. The van der Waals surface area contributed by atoms with Crippen molar-refractivity contribution in [1.82, 2.24) is 20.9 Å². The zero-order chi connectivity index (χ0) is 28.7. The molecule has 40 heavy (non-hydrogen) atoms. The minimum absolute atomic E-state index is 0.144. The Labute approximate surface area is 243 Å². The lowest BCUT2D eigenvalue weighted by atomic mass is 10.1. The van der Waals surface area contributed by atoms with Gasteiger partial charge in [-0.05, 0) is 62.9 Å². The van der Waals surface area contributed by atoms with E-state index in [0.29, 0.717) is 31.2 Å². The van der Waals surface area contributed by atoms with Crippen molar-refractivity contribution in [2.24, 2.45) is 0 Å². The topological polar surface area (TPSA) is 99.8 Å². The Morgan fingerprint density at radius 1 is 1.12 bits per heavy atom. The van der Waals surface area contributed by atoms with Crippen molar-refractivity contribution in [3.05, 3.63) is 51.2 Å². The number of rotatable bonds is 20. The quantitative estimate of drug-likeness (QED) is 0.156. The molecule has 3 N–H and O–H groups in total. The predicted octanol–water partition coefficient (Wildman–Crippen LogP) is 4.80. The first-order chi connectivity index (χ1) is 19.5. The molecule has 2 amide bonds. The molecule has 0 aliphatic carbocycles. The van der Waals surface area contributed by atoms with Crippen LogP contribution in [0.2, 0.25) is 0 Å². The van der Waals surface area contributed by atoms with E-state index in [1.807, 2.05) is 17.5 Å². The first kappa shape index (κ1) is 31.8. The molecule has 220 valence electrons. The summed E-state index contributed by atoms with van der Waals surface area (Å²) >= 11 is 1.51. The molecule has 8 nitrogen and oxygen atoms in total. The average molecular weight is 571 g/mol. The molecule has 0 saturated heterocycles. The van der Waals surface area contributed by atoms with Crippen molar-refractivity contribution in [2.45, 2.75) is 97.0 Å². The van der Waals surface area contributed by atoms with Crippen LogP contribution >= 0.6 is 11.3 Å². The van der Waals surface area contributed by atoms with Crippen molar-refractivity contribution < 1.29 is 19.1 Å². The highest BCUT2D eigenvalue weighted by molar-refractivity contribution is 7.10. The van der Waals surface area contributed by atoms with E-state index in [1.165, 1.54) is 55.4 Å². The van der Waals surface area contributed by atoms with Crippen LogP contribution < -0.4 is 20.7 Å². The molecule has 2 atom stereocenters. The Morgan fingerprint density at radius 3 is 2.60 bits per heavy atom. The zero-order valence-electron chi connectivity index (χ0n) is 24.3. The third kappa shape index (κ3) is 9.42. The number of ether oxygens (including phenoxy) is 1. The van der Waals surface area contributed by atoms with Crippen LogP contribution in [-0.4, -0.2) is 55.2 Å². The van der Waals surface area contributed by atoms with Crippen LogP contribution in [-0.2, 0) is 29.3 Å².